The summed E-state index contributed by atoms with van der Waals surface area (Å²) in [5.74, 6) is 0. The fraction of sp³-hybridized carbons (Fsp3) is 0.538. The van der Waals surface area contributed by atoms with E-state index in [0.29, 0.717) is 15.8 Å². The van der Waals surface area contributed by atoms with E-state index in [-0.39, 0.29) is 0 Å². The average molecular weight is 300 g/mol. The SMILES string of the molecule is CN(C)S(=O)(=O)c1ccc(N)c(SC2CCCC2)c1. The summed E-state index contributed by atoms with van der Waals surface area (Å²) in [5, 5.41) is 0.569. The number of benzene rings is 1. The summed E-state index contributed by atoms with van der Waals surface area (Å²) in [6, 6.07) is 4.96. The van der Waals surface area contributed by atoms with Crippen molar-refractivity contribution in [1.82, 2.24) is 4.31 Å². The molecular formula is C13H20N2O2S2. The fourth-order valence-electron chi connectivity index (χ4n) is 2.17. The van der Waals surface area contributed by atoms with Gasteiger partial charge in [0.2, 0.25) is 10.0 Å². The first-order valence-corrected chi connectivity index (χ1v) is 8.72. The van der Waals surface area contributed by atoms with Crippen LogP contribution in [0.1, 0.15) is 25.7 Å². The Morgan fingerprint density at radius 2 is 1.89 bits per heavy atom. The van der Waals surface area contributed by atoms with E-state index < -0.39 is 10.0 Å². The minimum Gasteiger partial charge on any atom is -0.398 e. The van der Waals surface area contributed by atoms with Crippen molar-refractivity contribution in [2.75, 3.05) is 19.8 Å². The minimum absolute atomic E-state index is 0.312. The lowest BCUT2D eigenvalue weighted by atomic mass is 10.3. The molecule has 0 aromatic heterocycles. The van der Waals surface area contributed by atoms with Crippen molar-refractivity contribution in [1.29, 1.82) is 0 Å². The molecule has 0 amide bonds. The first kappa shape index (κ1) is 14.7. The van der Waals surface area contributed by atoms with Crippen molar-refractivity contribution in [3.8, 4) is 0 Å². The van der Waals surface area contributed by atoms with Crippen molar-refractivity contribution in [3.63, 3.8) is 0 Å². The summed E-state index contributed by atoms with van der Waals surface area (Å²) >= 11 is 1.71. The molecule has 2 rings (SSSR count). The van der Waals surface area contributed by atoms with Crippen LogP contribution in [0.15, 0.2) is 28.0 Å². The molecule has 1 aliphatic rings. The Morgan fingerprint density at radius 1 is 1.26 bits per heavy atom. The second-order valence-electron chi connectivity index (χ2n) is 5.01. The van der Waals surface area contributed by atoms with E-state index in [1.165, 1.54) is 44.1 Å². The minimum atomic E-state index is -3.39. The molecule has 0 radical (unpaired) electrons. The van der Waals surface area contributed by atoms with Crippen molar-refractivity contribution in [3.05, 3.63) is 18.2 Å². The molecular weight excluding hydrogens is 280 g/mol. The Kier molecular flexibility index (Phi) is 4.43. The Balaban J connectivity index is 2.29. The Bertz CT molecular complexity index is 550. The standard InChI is InChI=1S/C13H20N2O2S2/c1-15(2)19(16,17)11-7-8-12(14)13(9-11)18-10-5-3-4-6-10/h7-10H,3-6,14H2,1-2H3. The van der Waals surface area contributed by atoms with Gasteiger partial charge in [-0.05, 0) is 31.0 Å². The van der Waals surface area contributed by atoms with Gasteiger partial charge in [0.15, 0.2) is 0 Å². The van der Waals surface area contributed by atoms with Crippen LogP contribution in [0.5, 0.6) is 0 Å². The Morgan fingerprint density at radius 3 is 2.47 bits per heavy atom. The first-order valence-electron chi connectivity index (χ1n) is 6.40. The van der Waals surface area contributed by atoms with Gasteiger partial charge >= 0.3 is 0 Å². The van der Waals surface area contributed by atoms with Crippen LogP contribution < -0.4 is 5.73 Å². The molecule has 1 aromatic carbocycles. The predicted molar refractivity (Wildman–Crippen MR) is 79.8 cm³/mol. The average Bonchev–Trinajstić information content (AvgIpc) is 2.84. The number of anilines is 1. The molecule has 1 saturated carbocycles. The molecule has 0 heterocycles. The zero-order chi connectivity index (χ0) is 14.0. The maximum Gasteiger partial charge on any atom is 0.242 e. The molecule has 4 nitrogen and oxygen atoms in total. The smallest absolute Gasteiger partial charge is 0.242 e. The Labute approximate surface area is 119 Å². The summed E-state index contributed by atoms with van der Waals surface area (Å²) < 4.78 is 25.4. The molecule has 6 heteroatoms. The molecule has 0 bridgehead atoms. The predicted octanol–water partition coefficient (Wildman–Crippen LogP) is 2.55. The monoisotopic (exact) mass is 300 g/mol. The van der Waals surface area contributed by atoms with Crippen LogP contribution in [0.3, 0.4) is 0 Å². The highest BCUT2D eigenvalue weighted by Gasteiger charge is 2.21. The number of nitrogen functional groups attached to an aromatic ring is 1. The summed E-state index contributed by atoms with van der Waals surface area (Å²) in [4.78, 5) is 1.20. The van der Waals surface area contributed by atoms with Gasteiger partial charge in [-0.15, -0.1) is 11.8 Å². The second-order valence-corrected chi connectivity index (χ2v) is 8.51. The second kappa shape index (κ2) is 5.73. The van der Waals surface area contributed by atoms with E-state index >= 15 is 0 Å². The number of nitrogens with two attached hydrogens (primary N) is 1. The van der Waals surface area contributed by atoms with Crippen LogP contribution in [-0.2, 0) is 10.0 Å². The number of rotatable bonds is 4. The summed E-state index contributed by atoms with van der Waals surface area (Å²) in [6.07, 6.45) is 4.89. The summed E-state index contributed by atoms with van der Waals surface area (Å²) in [5.41, 5.74) is 6.62. The molecule has 0 atom stereocenters. The van der Waals surface area contributed by atoms with E-state index in [0.717, 1.165) is 4.90 Å². The van der Waals surface area contributed by atoms with Crippen molar-refractivity contribution >= 4 is 27.5 Å². The summed E-state index contributed by atoms with van der Waals surface area (Å²) in [6.45, 7) is 0. The first-order chi connectivity index (χ1) is 8.91. The van der Waals surface area contributed by atoms with Crippen LogP contribution >= 0.6 is 11.8 Å². The third-order valence-corrected chi connectivity index (χ3v) is 6.58. The number of hydrogen-bond acceptors (Lipinski definition) is 4. The number of thioether (sulfide) groups is 1. The van der Waals surface area contributed by atoms with E-state index in [2.05, 4.69) is 0 Å². The molecule has 19 heavy (non-hydrogen) atoms. The van der Waals surface area contributed by atoms with E-state index in [9.17, 15) is 8.42 Å². The molecule has 1 aliphatic carbocycles. The largest absolute Gasteiger partial charge is 0.398 e. The molecule has 0 saturated heterocycles. The van der Waals surface area contributed by atoms with Gasteiger partial charge in [-0.2, -0.15) is 0 Å². The fourth-order valence-corrected chi connectivity index (χ4v) is 4.50. The van der Waals surface area contributed by atoms with Crippen LogP contribution in [0.4, 0.5) is 5.69 Å². The quantitative estimate of drug-likeness (QED) is 0.868. The van der Waals surface area contributed by atoms with Crippen LogP contribution in [0.25, 0.3) is 0 Å². The van der Waals surface area contributed by atoms with Gasteiger partial charge in [-0.25, -0.2) is 12.7 Å². The maximum absolute atomic E-state index is 12.1. The third-order valence-electron chi connectivity index (χ3n) is 3.36. The van der Waals surface area contributed by atoms with E-state index in [1.54, 1.807) is 30.0 Å². The van der Waals surface area contributed by atoms with E-state index in [4.69, 9.17) is 5.73 Å². The van der Waals surface area contributed by atoms with Crippen molar-refractivity contribution < 1.29 is 8.42 Å². The lowest BCUT2D eigenvalue weighted by Crippen LogP contribution is -2.22. The number of sulfonamides is 1. The maximum atomic E-state index is 12.1. The van der Waals surface area contributed by atoms with Gasteiger partial charge in [0.05, 0.1) is 4.90 Å². The van der Waals surface area contributed by atoms with Crippen LogP contribution in [-0.4, -0.2) is 32.1 Å². The molecule has 0 spiro atoms. The van der Waals surface area contributed by atoms with Gasteiger partial charge < -0.3 is 5.73 Å². The van der Waals surface area contributed by atoms with Gasteiger partial charge in [0.1, 0.15) is 0 Å². The normalized spacial score (nSPS) is 17.2. The molecule has 2 N–H and O–H groups in total. The van der Waals surface area contributed by atoms with E-state index in [1.807, 2.05) is 0 Å². The highest BCUT2D eigenvalue weighted by Crippen LogP contribution is 2.38. The zero-order valence-electron chi connectivity index (χ0n) is 11.3. The molecule has 0 unspecified atom stereocenters. The van der Waals surface area contributed by atoms with Gasteiger partial charge in [0.25, 0.3) is 0 Å². The molecule has 106 valence electrons. The van der Waals surface area contributed by atoms with Crippen molar-refractivity contribution in [2.45, 2.75) is 40.7 Å². The third kappa shape index (κ3) is 3.24. The van der Waals surface area contributed by atoms with Crippen LogP contribution in [0, 0.1) is 0 Å². The van der Waals surface area contributed by atoms with Crippen LogP contribution in [0.2, 0.25) is 0 Å². The van der Waals surface area contributed by atoms with Gasteiger partial charge in [-0.1, -0.05) is 12.8 Å². The topological polar surface area (TPSA) is 63.4 Å². The highest BCUT2D eigenvalue weighted by molar-refractivity contribution is 8.00. The van der Waals surface area contributed by atoms with Gasteiger partial charge in [-0.3, -0.25) is 0 Å². The van der Waals surface area contributed by atoms with Gasteiger partial charge in [0, 0.05) is 29.9 Å². The summed E-state index contributed by atoms with van der Waals surface area (Å²) in [7, 11) is -0.311. The highest BCUT2D eigenvalue weighted by atomic mass is 32.2. The number of hydrogen-bond donors (Lipinski definition) is 1. The lowest BCUT2D eigenvalue weighted by molar-refractivity contribution is 0.520. The molecule has 1 aromatic rings. The zero-order valence-corrected chi connectivity index (χ0v) is 12.9. The molecule has 1 fully saturated rings. The Hall–Kier alpha value is -0.720. The number of nitrogens with zero attached hydrogens (tertiary/aromatic N) is 1. The molecule has 0 aliphatic heterocycles. The lowest BCUT2D eigenvalue weighted by Gasteiger charge is -2.15. The van der Waals surface area contributed by atoms with Crippen molar-refractivity contribution in [2.24, 2.45) is 0 Å².